The Balaban J connectivity index is 4.68. The van der Waals surface area contributed by atoms with Crippen molar-refractivity contribution in [3.05, 3.63) is 0 Å². The number of hydrogen-bond acceptors (Lipinski definition) is 6. The smallest absolute Gasteiger partial charge is 0.306 e. The third-order valence-corrected chi connectivity index (χ3v) is 11.8. The average Bonchev–Trinajstić information content (AvgIpc) is 3.16. The van der Waals surface area contributed by atoms with Gasteiger partial charge in [-0.25, -0.2) is 0 Å². The van der Waals surface area contributed by atoms with Gasteiger partial charge in [-0.3, -0.25) is 9.59 Å². The van der Waals surface area contributed by atoms with Crippen molar-refractivity contribution in [2.24, 2.45) is 11.8 Å². The standard InChI is InChI=1S/C49H97NO5/c1-7-13-21-31-45(32-22-14-8-2)43-47(51)54-41-29-19-17-25-35-49(53,37-27-28-40-50(38-11-5)39-12-6)36-26-18-20-30-42-55-48(52)44-46(33-23-15-9-3)34-24-16-10-4/h45-46,53H,7-44H2,1-6H3. The number of unbranched alkanes of at least 4 members (excludes halogenated alkanes) is 15. The highest BCUT2D eigenvalue weighted by molar-refractivity contribution is 5.70. The minimum atomic E-state index is -0.603. The molecule has 0 radical (unpaired) electrons. The molecule has 1 N–H and O–H groups in total. The van der Waals surface area contributed by atoms with Crippen LogP contribution in [0.1, 0.15) is 253 Å². The first kappa shape index (κ1) is 53.9. The Labute approximate surface area is 343 Å². The van der Waals surface area contributed by atoms with Gasteiger partial charge in [0.15, 0.2) is 0 Å². The van der Waals surface area contributed by atoms with Crippen LogP contribution in [-0.2, 0) is 19.1 Å². The van der Waals surface area contributed by atoms with Gasteiger partial charge in [0.05, 0.1) is 18.8 Å². The van der Waals surface area contributed by atoms with Crippen LogP contribution in [0.5, 0.6) is 0 Å². The molecule has 328 valence electrons. The molecule has 0 aromatic rings. The summed E-state index contributed by atoms with van der Waals surface area (Å²) in [5.74, 6) is 0.938. The van der Waals surface area contributed by atoms with Crippen molar-refractivity contribution in [1.82, 2.24) is 4.90 Å². The lowest BCUT2D eigenvalue weighted by Gasteiger charge is -2.29. The van der Waals surface area contributed by atoms with Crippen molar-refractivity contribution in [2.45, 2.75) is 259 Å². The highest BCUT2D eigenvalue weighted by atomic mass is 16.5. The molecule has 0 rings (SSSR count). The first-order valence-corrected chi connectivity index (χ1v) is 24.5. The van der Waals surface area contributed by atoms with Gasteiger partial charge in [-0.05, 0) is 115 Å². The van der Waals surface area contributed by atoms with E-state index in [1.165, 1.54) is 103 Å². The number of hydrogen-bond donors (Lipinski definition) is 1. The van der Waals surface area contributed by atoms with E-state index in [4.69, 9.17) is 9.47 Å². The largest absolute Gasteiger partial charge is 0.466 e. The fourth-order valence-electron chi connectivity index (χ4n) is 8.34. The van der Waals surface area contributed by atoms with Crippen molar-refractivity contribution in [1.29, 1.82) is 0 Å². The Morgan fingerprint density at radius 2 is 0.782 bits per heavy atom. The quantitative estimate of drug-likeness (QED) is 0.0491. The fraction of sp³-hybridized carbons (Fsp3) is 0.959. The number of ether oxygens (including phenoxy) is 2. The van der Waals surface area contributed by atoms with Gasteiger partial charge in [0.25, 0.3) is 0 Å². The molecule has 0 heterocycles. The third-order valence-electron chi connectivity index (χ3n) is 11.8. The van der Waals surface area contributed by atoms with Crippen molar-refractivity contribution in [3.8, 4) is 0 Å². The minimum absolute atomic E-state index is 0.00813. The van der Waals surface area contributed by atoms with Crippen LogP contribution in [0, 0.1) is 11.8 Å². The van der Waals surface area contributed by atoms with Crippen molar-refractivity contribution < 1.29 is 24.2 Å². The fourth-order valence-corrected chi connectivity index (χ4v) is 8.34. The number of carbonyl (C=O) groups is 2. The molecule has 0 bridgehead atoms. The lowest BCUT2D eigenvalue weighted by atomic mass is 9.85. The minimum Gasteiger partial charge on any atom is -0.466 e. The predicted molar refractivity (Wildman–Crippen MR) is 237 cm³/mol. The molecule has 0 saturated carbocycles. The van der Waals surface area contributed by atoms with Gasteiger partial charge in [0.1, 0.15) is 0 Å². The van der Waals surface area contributed by atoms with Gasteiger partial charge < -0.3 is 19.5 Å². The number of aliphatic hydroxyl groups is 1. The molecule has 0 fully saturated rings. The maximum atomic E-state index is 12.6. The van der Waals surface area contributed by atoms with Crippen LogP contribution in [0.15, 0.2) is 0 Å². The second-order valence-electron chi connectivity index (χ2n) is 17.4. The van der Waals surface area contributed by atoms with Gasteiger partial charge in [-0.1, -0.05) is 157 Å². The first-order chi connectivity index (χ1) is 26.8. The summed E-state index contributed by atoms with van der Waals surface area (Å²) in [4.78, 5) is 27.8. The van der Waals surface area contributed by atoms with Crippen LogP contribution in [0.2, 0.25) is 0 Å². The SMILES string of the molecule is CCCCCC(CCCCC)CC(=O)OCCCCCCC(O)(CCCCCCOC(=O)CC(CCCCC)CCCCC)CCCCN(CCC)CCC. The monoisotopic (exact) mass is 780 g/mol. The van der Waals surface area contributed by atoms with E-state index in [2.05, 4.69) is 46.4 Å². The molecule has 0 aromatic carbocycles. The van der Waals surface area contributed by atoms with Crippen LogP contribution in [-0.4, -0.2) is 60.4 Å². The number of carbonyl (C=O) groups excluding carboxylic acids is 2. The molecular weight excluding hydrogens is 683 g/mol. The number of rotatable bonds is 43. The van der Waals surface area contributed by atoms with E-state index in [0.29, 0.717) is 37.9 Å². The third kappa shape index (κ3) is 34.6. The summed E-state index contributed by atoms with van der Waals surface area (Å²) in [5, 5.41) is 11.9. The van der Waals surface area contributed by atoms with Gasteiger partial charge in [0, 0.05) is 12.8 Å². The van der Waals surface area contributed by atoms with Crippen LogP contribution in [0.25, 0.3) is 0 Å². The zero-order chi connectivity index (χ0) is 40.7. The van der Waals surface area contributed by atoms with E-state index in [1.807, 2.05) is 0 Å². The van der Waals surface area contributed by atoms with E-state index in [9.17, 15) is 14.7 Å². The van der Waals surface area contributed by atoms with Crippen LogP contribution >= 0.6 is 0 Å². The highest BCUT2D eigenvalue weighted by Gasteiger charge is 2.25. The van der Waals surface area contributed by atoms with E-state index in [1.54, 1.807) is 0 Å². The number of esters is 2. The predicted octanol–water partition coefficient (Wildman–Crippen LogP) is 14.3. The summed E-state index contributed by atoms with van der Waals surface area (Å²) < 4.78 is 11.4. The molecule has 0 amide bonds. The number of nitrogens with zero attached hydrogens (tertiary/aromatic N) is 1. The average molecular weight is 780 g/mol. The Morgan fingerprint density at radius 3 is 1.13 bits per heavy atom. The molecule has 6 nitrogen and oxygen atoms in total. The topological polar surface area (TPSA) is 76.1 Å². The summed E-state index contributed by atoms with van der Waals surface area (Å²) in [6.45, 7) is 18.0. The normalized spacial score (nSPS) is 12.0. The van der Waals surface area contributed by atoms with Crippen LogP contribution in [0.3, 0.4) is 0 Å². The van der Waals surface area contributed by atoms with Crippen molar-refractivity contribution in [2.75, 3.05) is 32.8 Å². The Hall–Kier alpha value is -1.14. The zero-order valence-electron chi connectivity index (χ0n) is 38.1. The Bertz CT molecular complexity index is 756. The molecule has 0 aliphatic carbocycles. The van der Waals surface area contributed by atoms with Crippen molar-refractivity contribution in [3.63, 3.8) is 0 Å². The summed E-state index contributed by atoms with van der Waals surface area (Å²) in [5.41, 5.74) is -0.603. The summed E-state index contributed by atoms with van der Waals surface area (Å²) >= 11 is 0. The lowest BCUT2D eigenvalue weighted by molar-refractivity contribution is -0.146. The maximum Gasteiger partial charge on any atom is 0.306 e. The summed E-state index contributed by atoms with van der Waals surface area (Å²) in [7, 11) is 0. The molecule has 0 atom stereocenters. The molecule has 6 heteroatoms. The molecule has 55 heavy (non-hydrogen) atoms. The van der Waals surface area contributed by atoms with E-state index in [0.717, 1.165) is 116 Å². The molecule has 0 aromatic heterocycles. The molecule has 0 unspecified atom stereocenters. The van der Waals surface area contributed by atoms with E-state index < -0.39 is 5.60 Å². The Morgan fingerprint density at radius 1 is 0.436 bits per heavy atom. The van der Waals surface area contributed by atoms with Crippen LogP contribution < -0.4 is 0 Å². The van der Waals surface area contributed by atoms with Gasteiger partial charge in [-0.2, -0.15) is 0 Å². The molecule has 0 spiro atoms. The second-order valence-corrected chi connectivity index (χ2v) is 17.4. The van der Waals surface area contributed by atoms with Crippen molar-refractivity contribution >= 4 is 11.9 Å². The van der Waals surface area contributed by atoms with E-state index >= 15 is 0 Å². The summed E-state index contributed by atoms with van der Waals surface area (Å²) in [6, 6.07) is 0. The van der Waals surface area contributed by atoms with Gasteiger partial charge >= 0.3 is 11.9 Å². The second kappa shape index (κ2) is 39.7. The zero-order valence-corrected chi connectivity index (χ0v) is 38.1. The maximum absolute atomic E-state index is 12.6. The first-order valence-electron chi connectivity index (χ1n) is 24.5. The Kier molecular flexibility index (Phi) is 38.9. The van der Waals surface area contributed by atoms with Crippen LogP contribution in [0.4, 0.5) is 0 Å². The highest BCUT2D eigenvalue weighted by Crippen LogP contribution is 2.29. The molecular formula is C49H97NO5. The summed E-state index contributed by atoms with van der Waals surface area (Å²) in [6.07, 6.45) is 35.8. The van der Waals surface area contributed by atoms with Gasteiger partial charge in [-0.15, -0.1) is 0 Å². The van der Waals surface area contributed by atoms with E-state index in [-0.39, 0.29) is 11.9 Å². The van der Waals surface area contributed by atoms with Gasteiger partial charge in [0.2, 0.25) is 0 Å². The molecule has 0 aliphatic heterocycles. The molecule has 0 saturated heterocycles. The molecule has 0 aliphatic rings. The lowest BCUT2D eigenvalue weighted by Crippen LogP contribution is -2.30.